The molecule has 0 heterocycles. The molecule has 64 valence electrons. The van der Waals surface area contributed by atoms with Crippen LogP contribution in [0.1, 0.15) is 0 Å². The number of benzene rings is 2. The summed E-state index contributed by atoms with van der Waals surface area (Å²) in [6.07, 6.45) is 0. The molecule has 2 aromatic rings. The molecule has 0 atom stereocenters. The summed E-state index contributed by atoms with van der Waals surface area (Å²) < 4.78 is 0. The fourth-order valence-corrected chi connectivity index (χ4v) is 1.06. The molecular formula is C11H8NNaS. The molecule has 3 heteroatoms. The van der Waals surface area contributed by atoms with Gasteiger partial charge in [-0.05, 0) is 12.2 Å². The first-order valence-electron chi connectivity index (χ1n) is 3.78. The second kappa shape index (κ2) is 7.86. The van der Waals surface area contributed by atoms with E-state index in [2.05, 4.69) is 36.5 Å². The molecule has 0 fully saturated rings. The Morgan fingerprint density at radius 2 is 1.71 bits per heavy atom. The number of fused-ring (bicyclic) bond motifs is 1. The minimum Gasteiger partial charge on any atom is -0.248 e. The van der Waals surface area contributed by atoms with Crippen molar-refractivity contribution in [2.45, 2.75) is 0 Å². The monoisotopic (exact) mass is 209 g/mol. The van der Waals surface area contributed by atoms with Crippen LogP contribution in [0.5, 0.6) is 0 Å². The van der Waals surface area contributed by atoms with E-state index in [-0.39, 0.29) is 29.6 Å². The van der Waals surface area contributed by atoms with Crippen LogP contribution in [0.2, 0.25) is 0 Å². The van der Waals surface area contributed by atoms with Gasteiger partial charge in [-0.2, -0.15) is 0 Å². The molecule has 1 N–H and O–H groups in total. The molecule has 0 bridgehead atoms. The standard InChI is InChI=1S/C10H7.CHNS.Na/c1-2-6-10-8-4-3-7-9(10)5-1;2-1-3;/h1-7H;2H;/q-1;;+1. The summed E-state index contributed by atoms with van der Waals surface area (Å²) in [4.78, 5) is 0. The van der Waals surface area contributed by atoms with Gasteiger partial charge in [0.25, 0.3) is 0 Å². The van der Waals surface area contributed by atoms with Gasteiger partial charge in [-0.25, -0.2) is 5.41 Å². The van der Waals surface area contributed by atoms with Crippen molar-refractivity contribution in [3.05, 3.63) is 48.5 Å². The predicted molar refractivity (Wildman–Crippen MR) is 58.1 cm³/mol. The quantitative estimate of drug-likeness (QED) is 0.287. The molecule has 0 aliphatic rings. The Morgan fingerprint density at radius 3 is 2.36 bits per heavy atom. The molecule has 0 aliphatic carbocycles. The van der Waals surface area contributed by atoms with Gasteiger partial charge in [-0.15, -0.1) is 47.2 Å². The number of hydrogen-bond acceptors (Lipinski definition) is 2. The number of nitrogens with one attached hydrogen (secondary N) is 1. The predicted octanol–water partition coefficient (Wildman–Crippen LogP) is 0.312. The number of thiocarbonyl (C=S) groups is 1. The SMILES string of the molecule is N=C=S.[Na+].[c-]1cccc2ccccc12. The van der Waals surface area contributed by atoms with Gasteiger partial charge in [0.1, 0.15) is 0 Å². The topological polar surface area (TPSA) is 23.9 Å². The van der Waals surface area contributed by atoms with E-state index in [1.54, 1.807) is 5.16 Å². The van der Waals surface area contributed by atoms with Crippen molar-refractivity contribution in [2.75, 3.05) is 0 Å². The van der Waals surface area contributed by atoms with Crippen molar-refractivity contribution in [1.82, 2.24) is 0 Å². The molecule has 1 nitrogen and oxygen atoms in total. The van der Waals surface area contributed by atoms with Crippen molar-refractivity contribution in [3.8, 4) is 0 Å². The minimum absolute atomic E-state index is 0. The molecule has 0 amide bonds. The van der Waals surface area contributed by atoms with Gasteiger partial charge in [-0.1, -0.05) is 12.1 Å². The van der Waals surface area contributed by atoms with Gasteiger partial charge in [0.05, 0.1) is 5.16 Å². The fourth-order valence-electron chi connectivity index (χ4n) is 1.06. The summed E-state index contributed by atoms with van der Waals surface area (Å²) in [7, 11) is 0. The van der Waals surface area contributed by atoms with E-state index in [4.69, 9.17) is 5.41 Å². The maximum atomic E-state index is 5.77. The Bertz CT molecular complexity index is 357. The molecule has 0 radical (unpaired) electrons. The summed E-state index contributed by atoms with van der Waals surface area (Å²) in [5.74, 6) is 0. The van der Waals surface area contributed by atoms with Crippen molar-refractivity contribution >= 4 is 28.2 Å². The Labute approximate surface area is 111 Å². The average Bonchev–Trinajstić information content (AvgIpc) is 2.19. The van der Waals surface area contributed by atoms with Gasteiger partial charge in [0.15, 0.2) is 0 Å². The summed E-state index contributed by atoms with van der Waals surface area (Å²) >= 11 is 3.81. The third-order valence-electron chi connectivity index (χ3n) is 1.57. The first-order valence-corrected chi connectivity index (χ1v) is 4.18. The van der Waals surface area contributed by atoms with Crippen LogP contribution in [0.15, 0.2) is 42.5 Å². The molecule has 0 aliphatic heterocycles. The van der Waals surface area contributed by atoms with E-state index >= 15 is 0 Å². The summed E-state index contributed by atoms with van der Waals surface area (Å²) in [5.41, 5.74) is 0. The second-order valence-electron chi connectivity index (χ2n) is 2.36. The second-order valence-corrected chi connectivity index (χ2v) is 2.56. The van der Waals surface area contributed by atoms with Crippen LogP contribution in [0.25, 0.3) is 10.8 Å². The van der Waals surface area contributed by atoms with Crippen molar-refractivity contribution in [1.29, 1.82) is 5.41 Å². The molecule has 0 spiro atoms. The minimum atomic E-state index is 0. The molecule has 0 saturated heterocycles. The van der Waals surface area contributed by atoms with E-state index in [1.165, 1.54) is 10.8 Å². The molecule has 0 aromatic heterocycles. The molecule has 2 aromatic carbocycles. The molecule has 14 heavy (non-hydrogen) atoms. The van der Waals surface area contributed by atoms with E-state index in [9.17, 15) is 0 Å². The summed E-state index contributed by atoms with van der Waals surface area (Å²) in [5, 5.41) is 9.80. The molecule has 0 saturated carbocycles. The summed E-state index contributed by atoms with van der Waals surface area (Å²) in [6, 6.07) is 17.4. The number of isothiocyanates is 1. The Kier molecular flexibility index (Phi) is 7.58. The van der Waals surface area contributed by atoms with Crippen LogP contribution in [0.4, 0.5) is 0 Å². The van der Waals surface area contributed by atoms with E-state index < -0.39 is 0 Å². The van der Waals surface area contributed by atoms with Crippen LogP contribution in [-0.2, 0) is 0 Å². The van der Waals surface area contributed by atoms with Gasteiger partial charge >= 0.3 is 29.6 Å². The zero-order valence-corrected chi connectivity index (χ0v) is 10.8. The van der Waals surface area contributed by atoms with E-state index in [0.29, 0.717) is 0 Å². The van der Waals surface area contributed by atoms with Crippen LogP contribution >= 0.6 is 12.2 Å². The molecule has 0 unspecified atom stereocenters. The van der Waals surface area contributed by atoms with Crippen molar-refractivity contribution < 1.29 is 29.6 Å². The zero-order chi connectivity index (χ0) is 9.52. The van der Waals surface area contributed by atoms with Crippen molar-refractivity contribution in [2.24, 2.45) is 0 Å². The first-order chi connectivity index (χ1) is 6.38. The number of rotatable bonds is 0. The maximum absolute atomic E-state index is 5.77. The van der Waals surface area contributed by atoms with E-state index in [1.807, 2.05) is 24.3 Å². The largest absolute Gasteiger partial charge is 1.00 e. The first kappa shape index (κ1) is 13.5. The Hall–Kier alpha value is -0.500. The number of hydrogen-bond donors (Lipinski definition) is 1. The third kappa shape index (κ3) is 4.14. The Balaban J connectivity index is 0.000000381. The Morgan fingerprint density at radius 1 is 1.14 bits per heavy atom. The van der Waals surface area contributed by atoms with Crippen molar-refractivity contribution in [3.63, 3.8) is 0 Å². The maximum Gasteiger partial charge on any atom is 1.00 e. The third-order valence-corrected chi connectivity index (χ3v) is 1.57. The molecular weight excluding hydrogens is 201 g/mol. The van der Waals surface area contributed by atoms with Gasteiger partial charge in [-0.3, -0.25) is 0 Å². The van der Waals surface area contributed by atoms with Crippen LogP contribution in [-0.4, -0.2) is 5.16 Å². The van der Waals surface area contributed by atoms with Crippen LogP contribution in [0, 0.1) is 11.5 Å². The van der Waals surface area contributed by atoms with Gasteiger partial charge in [0.2, 0.25) is 0 Å². The van der Waals surface area contributed by atoms with E-state index in [0.717, 1.165) is 0 Å². The van der Waals surface area contributed by atoms with Crippen LogP contribution in [0.3, 0.4) is 0 Å². The summed E-state index contributed by atoms with van der Waals surface area (Å²) in [6.45, 7) is 0. The molecule has 2 rings (SSSR count). The van der Waals surface area contributed by atoms with Gasteiger partial charge < -0.3 is 0 Å². The average molecular weight is 209 g/mol. The zero-order valence-electron chi connectivity index (χ0n) is 7.95. The van der Waals surface area contributed by atoms with Gasteiger partial charge in [0, 0.05) is 0 Å². The fraction of sp³-hybridized carbons (Fsp3) is 0. The smallest absolute Gasteiger partial charge is 0.248 e. The normalized spacial score (nSPS) is 7.71. The van der Waals surface area contributed by atoms with Crippen LogP contribution < -0.4 is 29.6 Å².